The van der Waals surface area contributed by atoms with Gasteiger partial charge in [0.25, 0.3) is 0 Å². The van der Waals surface area contributed by atoms with Gasteiger partial charge < -0.3 is 5.11 Å². The molecule has 0 saturated carbocycles. The van der Waals surface area contributed by atoms with Gasteiger partial charge in [-0.1, -0.05) is 0 Å². The number of thiol groups is 1. The largest absolute Gasteiger partial charge is 0.383 e. The van der Waals surface area contributed by atoms with Crippen molar-refractivity contribution in [3.8, 4) is 0 Å². The number of hydrogen-bond acceptors (Lipinski definition) is 2. The summed E-state index contributed by atoms with van der Waals surface area (Å²) in [5.74, 6) is 0. The second-order valence-electron chi connectivity index (χ2n) is 0.632. The fraction of sp³-hybridized carbons (Fsp3) is 1.00. The molecule has 1 atom stereocenters. The molecule has 0 rings (SSSR count). The van der Waals surface area contributed by atoms with Crippen molar-refractivity contribution in [2.24, 2.45) is 0 Å². The Kier molecular flexibility index (Phi) is 9.15. The van der Waals surface area contributed by atoms with Crippen molar-refractivity contribution >= 4 is 31.5 Å². The molecule has 1 radical (unpaired) electrons. The number of aliphatic hydroxyl groups is 1. The van der Waals surface area contributed by atoms with E-state index in [0.717, 1.165) is 0 Å². The molecule has 0 aliphatic heterocycles. The van der Waals surface area contributed by atoms with Crippen molar-refractivity contribution in [1.29, 1.82) is 0 Å². The molecule has 1 unspecified atom stereocenters. The predicted molar refractivity (Wildman–Crippen MR) is 26.4 cm³/mol. The van der Waals surface area contributed by atoms with Gasteiger partial charge in [-0.25, -0.2) is 0 Å². The molecule has 0 heterocycles. The molecule has 0 saturated heterocycles. The smallest absolute Gasteiger partial charge is 0.0936 e. The molecular weight excluding hydrogens is 79.0 g/mol. The van der Waals surface area contributed by atoms with Gasteiger partial charge in [-0.05, 0) is 6.92 Å². The minimum absolute atomic E-state index is 0. The van der Waals surface area contributed by atoms with Crippen LogP contribution < -0.4 is 0 Å². The molecule has 0 bridgehead atoms. The normalized spacial score (nSPS) is 12.6. The van der Waals surface area contributed by atoms with Crippen molar-refractivity contribution in [3.63, 3.8) is 0 Å². The Labute approximate surface area is 49.4 Å². The van der Waals surface area contributed by atoms with Crippen LogP contribution in [0.1, 0.15) is 6.92 Å². The van der Waals surface area contributed by atoms with Crippen LogP contribution in [-0.2, 0) is 0 Å². The van der Waals surface area contributed by atoms with Gasteiger partial charge in [-0.3, -0.25) is 0 Å². The molecule has 0 aliphatic carbocycles. The van der Waals surface area contributed by atoms with Crippen molar-refractivity contribution in [2.45, 2.75) is 12.4 Å². The summed E-state index contributed by atoms with van der Waals surface area (Å²) >= 11 is 3.52. The average Bonchev–Trinajstić information content (AvgIpc) is 0.811. The molecule has 5 heavy (non-hydrogen) atoms. The molecule has 0 aromatic rings. The molecule has 1 nitrogen and oxygen atoms in total. The Balaban J connectivity index is 0. The van der Waals surface area contributed by atoms with Gasteiger partial charge in [0, 0.05) is 18.9 Å². The van der Waals surface area contributed by atoms with E-state index in [4.69, 9.17) is 5.11 Å². The monoisotopic (exact) mass is 85.0 g/mol. The number of hydrogen-bond donors (Lipinski definition) is 2. The van der Waals surface area contributed by atoms with Crippen molar-refractivity contribution in [1.82, 2.24) is 0 Å². The minimum atomic E-state index is -0.472. The van der Waals surface area contributed by atoms with Gasteiger partial charge in [0.15, 0.2) is 0 Å². The van der Waals surface area contributed by atoms with Crippen LogP contribution in [-0.4, -0.2) is 29.4 Å². The molecule has 0 aliphatic rings. The summed E-state index contributed by atoms with van der Waals surface area (Å²) in [6, 6.07) is 0. The third-order valence-corrected chi connectivity index (χ3v) is 0. The summed E-state index contributed by atoms with van der Waals surface area (Å²) in [6.45, 7) is 1.59. The quantitative estimate of drug-likeness (QED) is 0.238. The van der Waals surface area contributed by atoms with Crippen LogP contribution in [0.4, 0.5) is 0 Å². The minimum Gasteiger partial charge on any atom is -0.383 e. The Morgan fingerprint density at radius 3 is 1.80 bits per heavy atom. The van der Waals surface area contributed by atoms with Gasteiger partial charge >= 0.3 is 0 Å². The van der Waals surface area contributed by atoms with Crippen LogP contribution >= 0.6 is 12.6 Å². The molecule has 0 fully saturated rings. The maximum absolute atomic E-state index is 7.92. The van der Waals surface area contributed by atoms with Gasteiger partial charge in [-0.15, -0.1) is 12.6 Å². The zero-order valence-corrected chi connectivity index (χ0v) is 4.37. The van der Waals surface area contributed by atoms with E-state index in [1.54, 1.807) is 6.92 Å². The van der Waals surface area contributed by atoms with E-state index in [1.807, 2.05) is 0 Å². The standard InChI is InChI=1S/C2H6OS.Li/c1-2(3)4;/h2-4H,1H3;. The fourth-order valence-electron chi connectivity index (χ4n) is 0. The van der Waals surface area contributed by atoms with Crippen LogP contribution in [0.15, 0.2) is 0 Å². The zero-order valence-electron chi connectivity index (χ0n) is 3.47. The van der Waals surface area contributed by atoms with Gasteiger partial charge in [0.2, 0.25) is 0 Å². The second kappa shape index (κ2) is 4.91. The first kappa shape index (κ1) is 9.32. The Morgan fingerprint density at radius 2 is 1.80 bits per heavy atom. The van der Waals surface area contributed by atoms with E-state index >= 15 is 0 Å². The second-order valence-corrected chi connectivity index (χ2v) is 1.38. The molecule has 27 valence electrons. The Hall–Kier alpha value is 0.907. The van der Waals surface area contributed by atoms with E-state index in [1.165, 1.54) is 0 Å². The fourth-order valence-corrected chi connectivity index (χ4v) is 0. The third-order valence-electron chi connectivity index (χ3n) is 0. The molecule has 3 heteroatoms. The van der Waals surface area contributed by atoms with Gasteiger partial charge in [0.1, 0.15) is 0 Å². The molecule has 0 aromatic carbocycles. The van der Waals surface area contributed by atoms with Crippen LogP contribution in [0.25, 0.3) is 0 Å². The summed E-state index contributed by atoms with van der Waals surface area (Å²) in [5.41, 5.74) is -0.472. The summed E-state index contributed by atoms with van der Waals surface area (Å²) < 4.78 is 0. The van der Waals surface area contributed by atoms with Crippen LogP contribution in [0.5, 0.6) is 0 Å². The van der Waals surface area contributed by atoms with Crippen molar-refractivity contribution in [2.75, 3.05) is 0 Å². The summed E-state index contributed by atoms with van der Waals surface area (Å²) in [6.07, 6.45) is 0. The third kappa shape index (κ3) is 50.4. The topological polar surface area (TPSA) is 20.2 Å². The van der Waals surface area contributed by atoms with E-state index in [2.05, 4.69) is 12.6 Å². The SMILES string of the molecule is CC(O)S.[Li]. The number of rotatable bonds is 0. The van der Waals surface area contributed by atoms with E-state index < -0.39 is 5.44 Å². The Morgan fingerprint density at radius 1 is 1.80 bits per heavy atom. The van der Waals surface area contributed by atoms with Gasteiger partial charge in [-0.2, -0.15) is 0 Å². The first-order valence-corrected chi connectivity index (χ1v) is 1.61. The summed E-state index contributed by atoms with van der Waals surface area (Å²) in [7, 11) is 0. The molecular formula is C2H6LiOS. The average molecular weight is 85.1 g/mol. The first-order chi connectivity index (χ1) is 1.73. The maximum atomic E-state index is 7.92. The number of aliphatic hydroxyl groups excluding tert-OH is 1. The summed E-state index contributed by atoms with van der Waals surface area (Å²) in [4.78, 5) is 0. The summed E-state index contributed by atoms with van der Waals surface area (Å²) in [5, 5.41) is 7.92. The molecule has 0 aromatic heterocycles. The Bertz CT molecular complexity index is 14.4. The van der Waals surface area contributed by atoms with E-state index in [-0.39, 0.29) is 18.9 Å². The van der Waals surface area contributed by atoms with E-state index in [9.17, 15) is 0 Å². The first-order valence-electron chi connectivity index (χ1n) is 1.09. The zero-order chi connectivity index (χ0) is 3.58. The van der Waals surface area contributed by atoms with Gasteiger partial charge in [0.05, 0.1) is 5.44 Å². The van der Waals surface area contributed by atoms with Crippen LogP contribution in [0.2, 0.25) is 0 Å². The molecule has 0 spiro atoms. The maximum Gasteiger partial charge on any atom is 0.0936 e. The van der Waals surface area contributed by atoms with Crippen molar-refractivity contribution < 1.29 is 5.11 Å². The van der Waals surface area contributed by atoms with Crippen LogP contribution in [0, 0.1) is 0 Å². The molecule has 1 N–H and O–H groups in total. The van der Waals surface area contributed by atoms with E-state index in [0.29, 0.717) is 0 Å². The van der Waals surface area contributed by atoms with Crippen molar-refractivity contribution in [3.05, 3.63) is 0 Å². The molecule has 0 amide bonds. The predicted octanol–water partition coefficient (Wildman–Crippen LogP) is -0.126. The van der Waals surface area contributed by atoms with Crippen LogP contribution in [0.3, 0.4) is 0 Å².